The van der Waals surface area contributed by atoms with Gasteiger partial charge < -0.3 is 14.0 Å². The first-order valence-electron chi connectivity index (χ1n) is 18.3. The van der Waals surface area contributed by atoms with Crippen LogP contribution in [-0.4, -0.2) is 0 Å². The first-order chi connectivity index (χ1) is 28.0. The highest BCUT2D eigenvalue weighted by Gasteiger charge is 2.50. The largest absolute Gasteiger partial charge is 0.308 e. The fraction of sp³-hybridized carbons (Fsp3) is 0. The minimum Gasteiger partial charge on any atom is -0.308 e. The molecule has 10 rings (SSSR count). The van der Waals surface area contributed by atoms with E-state index >= 15 is 17.9 Å². The lowest BCUT2D eigenvalue weighted by atomic mass is 10.0. The van der Waals surface area contributed by atoms with Crippen LogP contribution in [-0.2, 0) is 9.13 Å². The lowest BCUT2D eigenvalue weighted by molar-refractivity contribution is 0.591. The summed E-state index contributed by atoms with van der Waals surface area (Å²) < 4.78 is 108. The van der Waals surface area contributed by atoms with Crippen LogP contribution in [0.25, 0.3) is 33.4 Å². The Labute approximate surface area is 330 Å². The highest BCUT2D eigenvalue weighted by Crippen LogP contribution is 2.61. The molecule has 2 aliphatic rings. The number of fused-ring (bicyclic) bond motifs is 4. The number of nitrogens with zero attached hydrogens (tertiary/aromatic N) is 1. The summed E-state index contributed by atoms with van der Waals surface area (Å²) >= 11 is 0. The van der Waals surface area contributed by atoms with E-state index in [1.165, 1.54) is 72.8 Å². The van der Waals surface area contributed by atoms with Gasteiger partial charge in [0.15, 0.2) is 14.3 Å². The molecule has 8 aromatic carbocycles. The van der Waals surface area contributed by atoms with Gasteiger partial charge in [0.05, 0.1) is 17.1 Å². The van der Waals surface area contributed by atoms with Gasteiger partial charge in [-0.3, -0.25) is 0 Å². The summed E-state index contributed by atoms with van der Waals surface area (Å²) in [7, 11) is -8.30. The number of hydrogen-bond acceptors (Lipinski definition) is 3. The van der Waals surface area contributed by atoms with Crippen LogP contribution in [0.2, 0.25) is 0 Å². The monoisotopic (exact) mass is 807 g/mol. The SMILES string of the molecule is O=P1(c2cccc(-c3cccc(F)c3)c2)c2cc(F)ccc2N2c3ccc(F)cc3P(=O)(c3cccc(-c4cccc(F)c4)c3)c3cc(-c4ccc(F)cc4)cc1c32. The van der Waals surface area contributed by atoms with Gasteiger partial charge in [0.2, 0.25) is 0 Å². The first-order valence-corrected chi connectivity index (χ1v) is 21.7. The van der Waals surface area contributed by atoms with Gasteiger partial charge in [-0.25, -0.2) is 22.0 Å². The van der Waals surface area contributed by atoms with Crippen LogP contribution in [0.5, 0.6) is 0 Å². The number of hydrogen-bond donors (Lipinski definition) is 0. The average molecular weight is 808 g/mol. The van der Waals surface area contributed by atoms with E-state index in [4.69, 9.17) is 0 Å². The van der Waals surface area contributed by atoms with Crippen molar-refractivity contribution in [3.05, 3.63) is 199 Å². The zero-order valence-corrected chi connectivity index (χ0v) is 32.0. The molecule has 2 heterocycles. The van der Waals surface area contributed by atoms with Crippen molar-refractivity contribution in [1.29, 1.82) is 0 Å². The Balaban J connectivity index is 1.34. The van der Waals surface area contributed by atoms with Crippen LogP contribution in [0.1, 0.15) is 0 Å². The Bertz CT molecular complexity index is 2930. The molecule has 8 aromatic rings. The summed E-state index contributed by atoms with van der Waals surface area (Å²) in [4.78, 5) is 1.77. The van der Waals surface area contributed by atoms with Crippen molar-refractivity contribution in [3.8, 4) is 33.4 Å². The molecule has 0 saturated heterocycles. The smallest absolute Gasteiger partial charge is 0.175 e. The zero-order valence-electron chi connectivity index (χ0n) is 30.2. The predicted molar refractivity (Wildman–Crippen MR) is 223 cm³/mol. The molecule has 0 N–H and O–H groups in total. The van der Waals surface area contributed by atoms with E-state index in [1.54, 1.807) is 102 Å². The van der Waals surface area contributed by atoms with Gasteiger partial charge in [-0.1, -0.05) is 72.8 Å². The molecule has 282 valence electrons. The number of benzene rings is 8. The molecule has 0 bridgehead atoms. The molecule has 3 nitrogen and oxygen atoms in total. The van der Waals surface area contributed by atoms with Crippen molar-refractivity contribution in [3.63, 3.8) is 0 Å². The molecule has 2 atom stereocenters. The van der Waals surface area contributed by atoms with Gasteiger partial charge in [-0.15, -0.1) is 0 Å². The molecule has 0 radical (unpaired) electrons. The molecule has 0 fully saturated rings. The van der Waals surface area contributed by atoms with Crippen LogP contribution in [0, 0.1) is 29.1 Å². The van der Waals surface area contributed by atoms with E-state index in [9.17, 15) is 13.2 Å². The Hall–Kier alpha value is -6.33. The number of rotatable bonds is 5. The third-order valence-electron chi connectivity index (χ3n) is 10.9. The van der Waals surface area contributed by atoms with E-state index in [1.807, 2.05) is 0 Å². The molecule has 0 spiro atoms. The van der Waals surface area contributed by atoms with Gasteiger partial charge in [0.25, 0.3) is 0 Å². The van der Waals surface area contributed by atoms with Gasteiger partial charge in [-0.05, 0) is 130 Å². The Morgan fingerprint density at radius 1 is 0.328 bits per heavy atom. The summed E-state index contributed by atoms with van der Waals surface area (Å²) in [6.07, 6.45) is 0. The van der Waals surface area contributed by atoms with Gasteiger partial charge >= 0.3 is 0 Å². The Morgan fingerprint density at radius 2 is 0.724 bits per heavy atom. The molecule has 2 unspecified atom stereocenters. The number of anilines is 3. The lowest BCUT2D eigenvalue weighted by Gasteiger charge is -2.44. The van der Waals surface area contributed by atoms with Crippen LogP contribution < -0.4 is 36.7 Å². The quantitative estimate of drug-likeness (QED) is 0.128. The van der Waals surface area contributed by atoms with Crippen LogP contribution in [0.15, 0.2) is 170 Å². The van der Waals surface area contributed by atoms with E-state index in [0.29, 0.717) is 61.1 Å². The standard InChI is InChI=1S/C48H28F5NO2P2/c49-35-15-13-29(14-16-35)34-25-46-48-47(26-34)58(56,41-12-4-8-33(24-41)31-6-2-10-37(51)22-31)45-28-39(53)18-20-43(45)54(48)42-19-17-38(52)27-44(42)57(46,55)40-11-3-7-32(23-40)30-5-1-9-36(50)21-30/h1-28H. The van der Waals surface area contributed by atoms with Crippen molar-refractivity contribution in [2.45, 2.75) is 0 Å². The summed E-state index contributed by atoms with van der Waals surface area (Å²) in [6.45, 7) is 0. The molecule has 0 aliphatic carbocycles. The molecular formula is C48H28F5NO2P2. The van der Waals surface area contributed by atoms with Gasteiger partial charge in [0.1, 0.15) is 29.1 Å². The maximum Gasteiger partial charge on any atom is 0.175 e. The van der Waals surface area contributed by atoms with Crippen molar-refractivity contribution in [2.24, 2.45) is 0 Å². The van der Waals surface area contributed by atoms with Crippen LogP contribution in [0.4, 0.5) is 39.0 Å². The Morgan fingerprint density at radius 3 is 1.17 bits per heavy atom. The first kappa shape index (κ1) is 36.0. The fourth-order valence-electron chi connectivity index (χ4n) is 8.28. The van der Waals surface area contributed by atoms with Crippen molar-refractivity contribution >= 4 is 63.2 Å². The third kappa shape index (κ3) is 5.54. The molecule has 58 heavy (non-hydrogen) atoms. The second kappa shape index (κ2) is 13.4. The van der Waals surface area contributed by atoms with E-state index < -0.39 is 43.4 Å². The molecule has 0 saturated carbocycles. The average Bonchev–Trinajstić information content (AvgIpc) is 3.24. The summed E-state index contributed by atoms with van der Waals surface area (Å²) in [6, 6.07) is 42.8. The summed E-state index contributed by atoms with van der Waals surface area (Å²) in [5, 5.41) is 1.39. The highest BCUT2D eigenvalue weighted by atomic mass is 31.2. The second-order valence-corrected chi connectivity index (χ2v) is 19.7. The number of halogens is 5. The van der Waals surface area contributed by atoms with Crippen molar-refractivity contribution in [1.82, 2.24) is 0 Å². The maximum atomic E-state index is 16.6. The lowest BCUT2D eigenvalue weighted by Crippen LogP contribution is -2.46. The Kier molecular flexibility index (Phi) is 8.31. The summed E-state index contributed by atoms with van der Waals surface area (Å²) in [5.41, 5.74) is 4.17. The molecule has 0 amide bonds. The maximum absolute atomic E-state index is 16.6. The van der Waals surface area contributed by atoms with Crippen LogP contribution in [0.3, 0.4) is 0 Å². The van der Waals surface area contributed by atoms with E-state index in [2.05, 4.69) is 0 Å². The molecule has 10 heteroatoms. The van der Waals surface area contributed by atoms with Gasteiger partial charge in [0, 0.05) is 31.8 Å². The minimum absolute atomic E-state index is 0.152. The molecule has 2 aliphatic heterocycles. The second-order valence-electron chi connectivity index (χ2n) is 14.3. The summed E-state index contributed by atoms with van der Waals surface area (Å²) in [5.74, 6) is -2.68. The van der Waals surface area contributed by atoms with Crippen molar-refractivity contribution < 1.29 is 31.1 Å². The van der Waals surface area contributed by atoms with Crippen LogP contribution >= 0.6 is 14.3 Å². The van der Waals surface area contributed by atoms with E-state index in [-0.39, 0.29) is 21.2 Å². The fourth-order valence-corrected chi connectivity index (χ4v) is 14.5. The molecule has 0 aromatic heterocycles. The van der Waals surface area contributed by atoms with Crippen molar-refractivity contribution in [2.75, 3.05) is 4.90 Å². The predicted octanol–water partition coefficient (Wildman–Crippen LogP) is 10.8. The third-order valence-corrected chi connectivity index (χ3v) is 17.0. The minimum atomic E-state index is -4.15. The van der Waals surface area contributed by atoms with E-state index in [0.717, 1.165) is 0 Å². The van der Waals surface area contributed by atoms with Gasteiger partial charge in [-0.2, -0.15) is 0 Å². The zero-order chi connectivity index (χ0) is 39.9. The normalized spacial score (nSPS) is 17.6. The highest BCUT2D eigenvalue weighted by molar-refractivity contribution is 7.88. The molecular weight excluding hydrogens is 779 g/mol. The topological polar surface area (TPSA) is 37.4 Å².